The molecule has 0 spiro atoms. The van der Waals surface area contributed by atoms with Gasteiger partial charge in [-0.3, -0.25) is 4.79 Å². The van der Waals surface area contributed by atoms with E-state index in [-0.39, 0.29) is 11.9 Å². The van der Waals surface area contributed by atoms with Gasteiger partial charge < -0.3 is 5.73 Å². The zero-order valence-corrected chi connectivity index (χ0v) is 7.16. The second kappa shape index (κ2) is 4.18. The average molecular weight is 171 g/mol. The number of carbonyl (C=O) groups is 1. The molecule has 4 heteroatoms. The van der Waals surface area contributed by atoms with Crippen molar-refractivity contribution in [3.05, 3.63) is 4.91 Å². The Labute approximate surface area is 71.7 Å². The molecule has 0 aromatic rings. The molecule has 4 nitrogen and oxygen atoms in total. The Morgan fingerprint density at radius 1 is 1.58 bits per heavy atom. The van der Waals surface area contributed by atoms with Gasteiger partial charge in [0.1, 0.15) is 0 Å². The second-order valence-electron chi connectivity index (χ2n) is 3.30. The smallest absolute Gasteiger partial charge is 0.217 e. The SMILES string of the molecule is NC(=O)CCCC1CCC[N+]1=O. The van der Waals surface area contributed by atoms with E-state index in [1.807, 2.05) is 0 Å². The van der Waals surface area contributed by atoms with E-state index < -0.39 is 0 Å². The molecule has 1 amide bonds. The molecule has 1 heterocycles. The summed E-state index contributed by atoms with van der Waals surface area (Å²) in [6.07, 6.45) is 3.93. The van der Waals surface area contributed by atoms with Gasteiger partial charge in [-0.15, -0.1) is 0 Å². The number of hydrogen-bond acceptors (Lipinski definition) is 2. The molecule has 1 rings (SSSR count). The van der Waals surface area contributed by atoms with Crippen molar-refractivity contribution >= 4 is 5.91 Å². The Hall–Kier alpha value is -0.930. The summed E-state index contributed by atoms with van der Waals surface area (Å²) in [7, 11) is 0. The fourth-order valence-corrected chi connectivity index (χ4v) is 1.61. The highest BCUT2D eigenvalue weighted by Crippen LogP contribution is 2.16. The van der Waals surface area contributed by atoms with Crippen molar-refractivity contribution in [1.82, 2.24) is 0 Å². The van der Waals surface area contributed by atoms with Gasteiger partial charge in [-0.2, -0.15) is 0 Å². The lowest BCUT2D eigenvalue weighted by molar-refractivity contribution is -0.565. The number of nitrogens with two attached hydrogens (primary N) is 1. The van der Waals surface area contributed by atoms with Crippen LogP contribution >= 0.6 is 0 Å². The monoisotopic (exact) mass is 171 g/mol. The maximum absolute atomic E-state index is 11.1. The number of carbonyl (C=O) groups excluding carboxylic acids is 1. The standard InChI is InChI=1S/C8H14N2O2/c9-8(11)5-1-3-7-4-2-6-10(7)12/h7H,1-6H2,(H-,9,11)/p+1. The average Bonchev–Trinajstić information content (AvgIpc) is 2.36. The maximum atomic E-state index is 11.1. The van der Waals surface area contributed by atoms with Gasteiger partial charge in [0, 0.05) is 35.4 Å². The molecule has 1 aliphatic rings. The Morgan fingerprint density at radius 3 is 2.83 bits per heavy atom. The Morgan fingerprint density at radius 2 is 2.33 bits per heavy atom. The molecule has 2 N–H and O–H groups in total. The fourth-order valence-electron chi connectivity index (χ4n) is 1.61. The van der Waals surface area contributed by atoms with Crippen molar-refractivity contribution in [3.8, 4) is 0 Å². The number of primary amides is 1. The molecule has 0 radical (unpaired) electrons. The minimum atomic E-state index is -0.273. The summed E-state index contributed by atoms with van der Waals surface area (Å²) in [5, 5.41) is 0. The van der Waals surface area contributed by atoms with Crippen LogP contribution in [-0.2, 0) is 4.79 Å². The molecule has 1 aliphatic heterocycles. The molecule has 1 saturated heterocycles. The van der Waals surface area contributed by atoms with Crippen LogP contribution in [0.4, 0.5) is 0 Å². The summed E-state index contributed by atoms with van der Waals surface area (Å²) < 4.78 is 1.13. The van der Waals surface area contributed by atoms with E-state index in [4.69, 9.17) is 5.73 Å². The van der Waals surface area contributed by atoms with E-state index in [9.17, 15) is 9.70 Å². The molecule has 0 aromatic carbocycles. The van der Waals surface area contributed by atoms with Crippen LogP contribution < -0.4 is 5.73 Å². The molecule has 12 heavy (non-hydrogen) atoms. The second-order valence-corrected chi connectivity index (χ2v) is 3.30. The van der Waals surface area contributed by atoms with Gasteiger partial charge in [-0.05, 0) is 6.42 Å². The van der Waals surface area contributed by atoms with E-state index in [2.05, 4.69) is 0 Å². The number of hydrogen-bond donors (Lipinski definition) is 1. The number of nitroso groups, excluding NO2 is 1. The largest absolute Gasteiger partial charge is 0.370 e. The molecule has 0 saturated carbocycles. The third-order valence-corrected chi connectivity index (χ3v) is 2.28. The normalized spacial score (nSPS) is 23.0. The quantitative estimate of drug-likeness (QED) is 0.629. The lowest BCUT2D eigenvalue weighted by atomic mass is 10.1. The van der Waals surface area contributed by atoms with E-state index in [0.29, 0.717) is 13.0 Å². The predicted octanol–water partition coefficient (Wildman–Crippen LogP) is 0.583. The van der Waals surface area contributed by atoms with Crippen molar-refractivity contribution in [1.29, 1.82) is 0 Å². The van der Waals surface area contributed by atoms with Crippen molar-refractivity contribution in [2.75, 3.05) is 6.54 Å². The summed E-state index contributed by atoms with van der Waals surface area (Å²) in [6.45, 7) is 0.654. The zero-order valence-electron chi connectivity index (χ0n) is 7.16. The van der Waals surface area contributed by atoms with E-state index in [1.54, 1.807) is 0 Å². The Bertz CT molecular complexity index is 191. The fraction of sp³-hybridized carbons (Fsp3) is 0.875. The van der Waals surface area contributed by atoms with Crippen LogP contribution in [0.15, 0.2) is 0 Å². The molecule has 1 atom stereocenters. The first kappa shape index (κ1) is 9.16. The van der Waals surface area contributed by atoms with Gasteiger partial charge in [0.05, 0.1) is 0 Å². The summed E-state index contributed by atoms with van der Waals surface area (Å²) in [5.74, 6) is -0.273. The summed E-state index contributed by atoms with van der Waals surface area (Å²) in [6, 6.07) is 0.143. The topological polar surface area (TPSA) is 63.2 Å². The van der Waals surface area contributed by atoms with Crippen LogP contribution in [0.25, 0.3) is 0 Å². The van der Waals surface area contributed by atoms with Gasteiger partial charge in [-0.1, -0.05) is 0 Å². The molecule has 1 unspecified atom stereocenters. The number of rotatable bonds is 4. The van der Waals surface area contributed by atoms with Crippen molar-refractivity contribution in [2.45, 2.75) is 38.1 Å². The molecule has 0 aromatic heterocycles. The molecular formula is C8H15N2O2+. The van der Waals surface area contributed by atoms with Gasteiger partial charge >= 0.3 is 0 Å². The first-order chi connectivity index (χ1) is 5.70. The van der Waals surface area contributed by atoms with Crippen molar-refractivity contribution in [3.63, 3.8) is 0 Å². The van der Waals surface area contributed by atoms with Gasteiger partial charge in [0.25, 0.3) is 0 Å². The molecule has 0 aliphatic carbocycles. The van der Waals surface area contributed by atoms with Crippen LogP contribution in [-0.4, -0.2) is 23.3 Å². The number of nitrogens with zero attached hydrogens (tertiary/aromatic N) is 1. The highest BCUT2D eigenvalue weighted by molar-refractivity contribution is 5.73. The van der Waals surface area contributed by atoms with Crippen molar-refractivity contribution in [2.24, 2.45) is 5.73 Å². The zero-order chi connectivity index (χ0) is 8.97. The van der Waals surface area contributed by atoms with E-state index >= 15 is 0 Å². The maximum Gasteiger partial charge on any atom is 0.217 e. The molecule has 0 bridgehead atoms. The predicted molar refractivity (Wildman–Crippen MR) is 44.6 cm³/mol. The van der Waals surface area contributed by atoms with Crippen LogP contribution in [0.5, 0.6) is 0 Å². The Kier molecular flexibility index (Phi) is 3.19. The molecular weight excluding hydrogens is 156 g/mol. The van der Waals surface area contributed by atoms with E-state index in [1.165, 1.54) is 0 Å². The van der Waals surface area contributed by atoms with Crippen LogP contribution in [0.1, 0.15) is 32.1 Å². The highest BCUT2D eigenvalue weighted by Gasteiger charge is 2.30. The van der Waals surface area contributed by atoms with Crippen LogP contribution in [0.3, 0.4) is 0 Å². The van der Waals surface area contributed by atoms with Crippen LogP contribution in [0, 0.1) is 4.91 Å². The summed E-state index contributed by atoms with van der Waals surface area (Å²) >= 11 is 0. The third-order valence-electron chi connectivity index (χ3n) is 2.28. The lowest BCUT2D eigenvalue weighted by Crippen LogP contribution is -2.17. The van der Waals surface area contributed by atoms with Gasteiger partial charge in [-0.25, -0.2) is 0 Å². The summed E-state index contributed by atoms with van der Waals surface area (Å²) in [5.41, 5.74) is 4.98. The Balaban J connectivity index is 2.14. The van der Waals surface area contributed by atoms with Crippen molar-refractivity contribution < 1.29 is 9.55 Å². The highest BCUT2D eigenvalue weighted by atomic mass is 16.3. The minimum absolute atomic E-state index is 0.143. The summed E-state index contributed by atoms with van der Waals surface area (Å²) in [4.78, 5) is 21.4. The molecule has 1 fully saturated rings. The van der Waals surface area contributed by atoms with E-state index in [0.717, 1.165) is 30.4 Å². The minimum Gasteiger partial charge on any atom is -0.370 e. The third kappa shape index (κ3) is 2.60. The number of amides is 1. The first-order valence-corrected chi connectivity index (χ1v) is 4.42. The van der Waals surface area contributed by atoms with Crippen LogP contribution in [0.2, 0.25) is 0 Å². The van der Waals surface area contributed by atoms with Gasteiger partial charge in [0.15, 0.2) is 6.54 Å². The molecule has 68 valence electrons. The van der Waals surface area contributed by atoms with Gasteiger partial charge in [0.2, 0.25) is 11.9 Å². The lowest BCUT2D eigenvalue weighted by Gasteiger charge is -1.99. The first-order valence-electron chi connectivity index (χ1n) is 4.42.